The molecule has 1 aromatic rings. The van der Waals surface area contributed by atoms with Crippen LogP contribution in [0.25, 0.3) is 0 Å². The molecular weight excluding hydrogens is 228 g/mol. The highest BCUT2D eigenvalue weighted by molar-refractivity contribution is 6.01. The lowest BCUT2D eigenvalue weighted by atomic mass is 9.84. The first kappa shape index (κ1) is 13.2. The molecule has 18 heavy (non-hydrogen) atoms. The summed E-state index contributed by atoms with van der Waals surface area (Å²) < 4.78 is 1.58. The maximum atomic E-state index is 12.9. The molecule has 0 atom stereocenters. The fourth-order valence-electron chi connectivity index (χ4n) is 3.04. The first-order valence-electron chi connectivity index (χ1n) is 6.80. The average molecular weight is 250 g/mol. The van der Waals surface area contributed by atoms with E-state index in [-0.39, 0.29) is 11.3 Å². The van der Waals surface area contributed by atoms with Crippen LogP contribution in [0.2, 0.25) is 0 Å². The first-order chi connectivity index (χ1) is 8.65. The van der Waals surface area contributed by atoms with Crippen molar-refractivity contribution < 1.29 is 4.79 Å². The molecule has 5 heteroatoms. The minimum atomic E-state index is -0.369. The Labute approximate surface area is 108 Å². The molecule has 1 fully saturated rings. The third-order valence-corrected chi connectivity index (χ3v) is 4.25. The Balaban J connectivity index is 2.35. The number of carbonyl (C=O) groups excluding carboxylic acids is 1. The zero-order valence-corrected chi connectivity index (χ0v) is 11.5. The molecule has 0 unspecified atom stereocenters. The van der Waals surface area contributed by atoms with Gasteiger partial charge in [0.15, 0.2) is 0 Å². The summed E-state index contributed by atoms with van der Waals surface area (Å²) in [5.74, 6) is 0.168. The Morgan fingerprint density at radius 1 is 1.33 bits per heavy atom. The minimum absolute atomic E-state index is 0.168. The Bertz CT molecular complexity index is 416. The minimum Gasteiger partial charge on any atom is -0.291 e. The lowest BCUT2D eigenvalue weighted by Crippen LogP contribution is -2.53. The van der Waals surface area contributed by atoms with Crippen LogP contribution in [0.15, 0.2) is 6.20 Å². The SMILES string of the molecule is CCC(CC)(C(=O)c1cnnn1C)N1CCCC1. The number of aryl methyl sites for hydroxylation is 1. The van der Waals surface area contributed by atoms with Gasteiger partial charge in [0.1, 0.15) is 5.69 Å². The zero-order valence-electron chi connectivity index (χ0n) is 11.5. The number of rotatable bonds is 5. The highest BCUT2D eigenvalue weighted by Crippen LogP contribution is 2.31. The summed E-state index contributed by atoms with van der Waals surface area (Å²) in [7, 11) is 1.78. The second-order valence-corrected chi connectivity index (χ2v) is 5.00. The van der Waals surface area contributed by atoms with Crippen LogP contribution in [-0.2, 0) is 7.05 Å². The van der Waals surface area contributed by atoms with Crippen LogP contribution in [-0.4, -0.2) is 44.3 Å². The molecule has 0 aliphatic carbocycles. The molecule has 0 N–H and O–H groups in total. The standard InChI is InChI=1S/C13H22N4O/c1-4-13(5-2,17-8-6-7-9-17)12(18)11-10-14-15-16(11)3/h10H,4-9H2,1-3H3. The summed E-state index contributed by atoms with van der Waals surface area (Å²) >= 11 is 0. The van der Waals surface area contributed by atoms with Gasteiger partial charge in [0, 0.05) is 7.05 Å². The predicted molar refractivity (Wildman–Crippen MR) is 69.5 cm³/mol. The van der Waals surface area contributed by atoms with Crippen molar-refractivity contribution in [2.24, 2.45) is 7.05 Å². The zero-order chi connectivity index (χ0) is 13.2. The van der Waals surface area contributed by atoms with Crippen molar-refractivity contribution in [1.82, 2.24) is 19.9 Å². The largest absolute Gasteiger partial charge is 0.291 e. The molecule has 2 heterocycles. The van der Waals surface area contributed by atoms with Crippen LogP contribution in [0, 0.1) is 0 Å². The van der Waals surface area contributed by atoms with Crippen molar-refractivity contribution in [2.45, 2.75) is 45.1 Å². The molecule has 5 nitrogen and oxygen atoms in total. The molecule has 2 rings (SSSR count). The highest BCUT2D eigenvalue weighted by atomic mass is 16.1. The van der Waals surface area contributed by atoms with E-state index in [1.165, 1.54) is 12.8 Å². The fraction of sp³-hybridized carbons (Fsp3) is 0.769. The Hall–Kier alpha value is -1.23. The van der Waals surface area contributed by atoms with Gasteiger partial charge < -0.3 is 0 Å². The van der Waals surface area contributed by atoms with Gasteiger partial charge in [-0.3, -0.25) is 9.69 Å². The van der Waals surface area contributed by atoms with E-state index in [0.29, 0.717) is 5.69 Å². The maximum absolute atomic E-state index is 12.9. The molecule has 1 aliphatic rings. The van der Waals surface area contributed by atoms with Gasteiger partial charge in [0.25, 0.3) is 0 Å². The van der Waals surface area contributed by atoms with E-state index in [2.05, 4.69) is 29.1 Å². The van der Waals surface area contributed by atoms with Gasteiger partial charge in [0.05, 0.1) is 11.7 Å². The van der Waals surface area contributed by atoms with Gasteiger partial charge in [-0.15, -0.1) is 5.10 Å². The van der Waals surface area contributed by atoms with Gasteiger partial charge >= 0.3 is 0 Å². The van der Waals surface area contributed by atoms with Crippen molar-refractivity contribution in [2.75, 3.05) is 13.1 Å². The summed E-state index contributed by atoms with van der Waals surface area (Å²) in [4.78, 5) is 15.2. The Kier molecular flexibility index (Phi) is 3.80. The second-order valence-electron chi connectivity index (χ2n) is 5.00. The van der Waals surface area contributed by atoms with Gasteiger partial charge in [-0.05, 0) is 38.8 Å². The van der Waals surface area contributed by atoms with E-state index in [1.807, 2.05) is 0 Å². The van der Waals surface area contributed by atoms with Crippen LogP contribution in [0.5, 0.6) is 0 Å². The molecule has 0 amide bonds. The number of carbonyl (C=O) groups is 1. The van der Waals surface area contributed by atoms with E-state index in [4.69, 9.17) is 0 Å². The van der Waals surface area contributed by atoms with Gasteiger partial charge in [0.2, 0.25) is 5.78 Å². The quantitative estimate of drug-likeness (QED) is 0.746. The lowest BCUT2D eigenvalue weighted by Gasteiger charge is -2.39. The Morgan fingerprint density at radius 3 is 2.39 bits per heavy atom. The molecule has 1 aromatic heterocycles. The lowest BCUT2D eigenvalue weighted by molar-refractivity contribution is 0.0571. The summed E-state index contributed by atoms with van der Waals surface area (Å²) in [5.41, 5.74) is 0.247. The van der Waals surface area contributed by atoms with Crippen molar-refractivity contribution in [3.8, 4) is 0 Å². The van der Waals surface area contributed by atoms with Gasteiger partial charge in [-0.2, -0.15) is 0 Å². The normalized spacial score (nSPS) is 17.3. The molecule has 0 saturated carbocycles. The fourth-order valence-corrected chi connectivity index (χ4v) is 3.04. The molecule has 1 aliphatic heterocycles. The monoisotopic (exact) mass is 250 g/mol. The van der Waals surface area contributed by atoms with Crippen molar-refractivity contribution in [1.29, 1.82) is 0 Å². The van der Waals surface area contributed by atoms with Crippen molar-refractivity contribution in [3.63, 3.8) is 0 Å². The molecular formula is C13H22N4O. The third-order valence-electron chi connectivity index (χ3n) is 4.25. The predicted octanol–water partition coefficient (Wildman–Crippen LogP) is 1.65. The van der Waals surface area contributed by atoms with E-state index in [9.17, 15) is 4.79 Å². The van der Waals surface area contributed by atoms with Gasteiger partial charge in [-0.1, -0.05) is 19.1 Å². The van der Waals surface area contributed by atoms with Crippen LogP contribution >= 0.6 is 0 Å². The van der Waals surface area contributed by atoms with E-state index >= 15 is 0 Å². The maximum Gasteiger partial charge on any atom is 0.202 e. The van der Waals surface area contributed by atoms with E-state index in [0.717, 1.165) is 25.9 Å². The molecule has 0 spiro atoms. The molecule has 0 radical (unpaired) electrons. The van der Waals surface area contributed by atoms with Crippen LogP contribution < -0.4 is 0 Å². The van der Waals surface area contributed by atoms with Crippen LogP contribution in [0.4, 0.5) is 0 Å². The molecule has 0 aromatic carbocycles. The number of ketones is 1. The average Bonchev–Trinajstić information content (AvgIpc) is 3.02. The summed E-state index contributed by atoms with van der Waals surface area (Å²) in [6.45, 7) is 6.25. The number of hydrogen-bond donors (Lipinski definition) is 0. The molecule has 100 valence electrons. The van der Waals surface area contributed by atoms with Crippen molar-refractivity contribution in [3.05, 3.63) is 11.9 Å². The topological polar surface area (TPSA) is 51.0 Å². The number of hydrogen-bond acceptors (Lipinski definition) is 4. The Morgan fingerprint density at radius 2 is 1.94 bits per heavy atom. The number of nitrogens with zero attached hydrogens (tertiary/aromatic N) is 4. The third kappa shape index (κ3) is 1.96. The molecule has 1 saturated heterocycles. The van der Waals surface area contributed by atoms with Crippen LogP contribution in [0.1, 0.15) is 50.0 Å². The van der Waals surface area contributed by atoms with E-state index < -0.39 is 0 Å². The van der Waals surface area contributed by atoms with E-state index in [1.54, 1.807) is 17.9 Å². The summed E-state index contributed by atoms with van der Waals surface area (Å²) in [6, 6.07) is 0. The van der Waals surface area contributed by atoms with Crippen LogP contribution in [0.3, 0.4) is 0 Å². The highest BCUT2D eigenvalue weighted by Gasteiger charge is 2.43. The molecule has 0 bridgehead atoms. The summed E-state index contributed by atoms with van der Waals surface area (Å²) in [5, 5.41) is 7.70. The summed E-state index contributed by atoms with van der Waals surface area (Å²) in [6.07, 6.45) is 5.65. The number of likely N-dealkylation sites (tertiary alicyclic amines) is 1. The van der Waals surface area contributed by atoms with Crippen molar-refractivity contribution >= 4 is 5.78 Å². The number of aromatic nitrogens is 3. The number of Topliss-reactive ketones (excluding diaryl/α,β-unsaturated/α-hetero) is 1. The van der Waals surface area contributed by atoms with Gasteiger partial charge in [-0.25, -0.2) is 4.68 Å². The second kappa shape index (κ2) is 5.18. The smallest absolute Gasteiger partial charge is 0.202 e. The first-order valence-corrected chi connectivity index (χ1v) is 6.80.